The summed E-state index contributed by atoms with van der Waals surface area (Å²) >= 11 is 13.8. The van der Waals surface area contributed by atoms with Crippen molar-refractivity contribution in [1.82, 2.24) is 25.1 Å². The van der Waals surface area contributed by atoms with Gasteiger partial charge >= 0.3 is 11.9 Å². The number of ether oxygens (including phenoxy) is 4. The minimum Gasteiger partial charge on any atom is -0.489 e. The summed E-state index contributed by atoms with van der Waals surface area (Å²) in [6.07, 6.45) is 8.21. The van der Waals surface area contributed by atoms with Crippen LogP contribution in [0.1, 0.15) is 70.3 Å². The van der Waals surface area contributed by atoms with Gasteiger partial charge < -0.3 is 34.3 Å². The molecule has 370 valence electrons. The third kappa shape index (κ3) is 13.0. The average Bonchev–Trinajstić information content (AvgIpc) is 3.79. The Morgan fingerprint density at radius 2 is 1.38 bits per heavy atom. The number of carbonyl (C=O) groups excluding carboxylic acids is 1. The molecule has 2 atom stereocenters. The molecule has 7 aromatic rings. The van der Waals surface area contributed by atoms with Crippen LogP contribution in [-0.4, -0.2) is 72.4 Å². The molecule has 4 N–H and O–H groups in total. The van der Waals surface area contributed by atoms with Crippen LogP contribution in [0, 0.1) is 35.5 Å². The van der Waals surface area contributed by atoms with Gasteiger partial charge in [0.15, 0.2) is 0 Å². The quantitative estimate of drug-likeness (QED) is 0.0439. The molecule has 3 heterocycles. The maximum absolute atomic E-state index is 12.7. The van der Waals surface area contributed by atoms with Gasteiger partial charge in [-0.15, -0.1) is 0 Å². The summed E-state index contributed by atoms with van der Waals surface area (Å²) < 4.78 is 26.1. The number of aliphatic carboxylic acids is 1. The van der Waals surface area contributed by atoms with Gasteiger partial charge in [-0.05, 0) is 103 Å². The highest BCUT2D eigenvalue weighted by atomic mass is 35.5. The van der Waals surface area contributed by atoms with Gasteiger partial charge in [0.25, 0.3) is 0 Å². The van der Waals surface area contributed by atoms with Crippen molar-refractivity contribution in [3.05, 3.63) is 164 Å². The number of aliphatic hydroxyl groups is 2. The number of carboxylic acid groups (broad SMARTS) is 1. The van der Waals surface area contributed by atoms with Gasteiger partial charge in [-0.25, -0.2) is 0 Å². The smallest absolute Gasteiger partial charge is 0.323 e. The zero-order chi connectivity index (χ0) is 51.3. The molecule has 18 heteroatoms. The first-order valence-corrected chi connectivity index (χ1v) is 23.7. The Morgan fingerprint density at radius 1 is 0.736 bits per heavy atom. The largest absolute Gasteiger partial charge is 0.489 e. The number of carboxylic acids is 1. The molecule has 0 aliphatic heterocycles. The van der Waals surface area contributed by atoms with Crippen LogP contribution in [0.15, 0.2) is 104 Å². The molecule has 0 aliphatic rings. The van der Waals surface area contributed by atoms with E-state index in [9.17, 15) is 35.4 Å². The van der Waals surface area contributed by atoms with Crippen LogP contribution in [0.5, 0.6) is 17.2 Å². The zero-order valence-electron chi connectivity index (χ0n) is 39.6. The second-order valence-electron chi connectivity index (χ2n) is 17.2. The van der Waals surface area contributed by atoms with Crippen molar-refractivity contribution >= 4 is 46.0 Å². The van der Waals surface area contributed by atoms with Gasteiger partial charge in [0.05, 0.1) is 59.6 Å². The number of pyridine rings is 2. The fraction of sp³-hybridized carbons (Fsp3) is 0.278. The van der Waals surface area contributed by atoms with E-state index in [0.717, 1.165) is 33.2 Å². The van der Waals surface area contributed by atoms with Crippen LogP contribution in [0.25, 0.3) is 22.0 Å². The number of esters is 1. The Kier molecular flexibility index (Phi) is 17.8. The van der Waals surface area contributed by atoms with Crippen LogP contribution in [-0.2, 0) is 53.7 Å². The number of nitrogens with one attached hydrogen (secondary N) is 1. The van der Waals surface area contributed by atoms with Crippen LogP contribution < -0.4 is 19.5 Å². The highest BCUT2D eigenvalue weighted by molar-refractivity contribution is 6.32. The monoisotopic (exact) mass is 1010 g/mol. The van der Waals surface area contributed by atoms with Gasteiger partial charge in [0.1, 0.15) is 55.2 Å². The average molecular weight is 1010 g/mol. The molecule has 0 saturated carbocycles. The fourth-order valence-electron chi connectivity index (χ4n) is 7.94. The van der Waals surface area contributed by atoms with E-state index in [1.807, 2.05) is 48.0 Å². The van der Waals surface area contributed by atoms with Crippen molar-refractivity contribution in [2.45, 2.75) is 78.7 Å². The summed E-state index contributed by atoms with van der Waals surface area (Å²) in [6, 6.07) is 25.1. The summed E-state index contributed by atoms with van der Waals surface area (Å²) in [5.74, 6) is -1.22. The van der Waals surface area contributed by atoms with Crippen molar-refractivity contribution in [2.75, 3.05) is 13.2 Å². The number of nitrogens with zero attached hydrogens (tertiary/aromatic N) is 6. The van der Waals surface area contributed by atoms with E-state index >= 15 is 0 Å². The number of carbonyl (C=O) groups is 2. The first kappa shape index (κ1) is 52.3. The maximum atomic E-state index is 12.7. The summed E-state index contributed by atoms with van der Waals surface area (Å²) in [4.78, 5) is 32.6. The summed E-state index contributed by atoms with van der Waals surface area (Å²) in [6.45, 7) is 5.11. The molecule has 4 aromatic carbocycles. The van der Waals surface area contributed by atoms with E-state index in [1.54, 1.807) is 68.8 Å². The number of aromatic nitrogens is 4. The number of hydrogen-bond donors (Lipinski definition) is 4. The van der Waals surface area contributed by atoms with E-state index < -0.39 is 30.5 Å². The topological polar surface area (TPSA) is 235 Å². The van der Waals surface area contributed by atoms with Gasteiger partial charge in [-0.1, -0.05) is 53.5 Å². The standard InChI is InChI=1S/C54H51Cl2N7O9/c1-32(2)72-54(68)39(27-64)11-10-38-14-47(56)52(17-51(38)70-30-37-13-35(19-58)21-60-23-37)71-31-40-6-4-7-43(33(40)3)44-8-5-9-49-45(44)25-62-63(49)26-42-16-50(69-29-36-12-34(18-57)20-59-22-36)41(15-46(42)55)24-61-48(28-65)53(66)67/h4-9,12-17,20-23,25,32,39,48,61,64-65H,10-11,24,26-31H2,1-3H3,(H,66,67)/t39-,48-/m0/s1. The number of aryl methyl sites for hydroxylation is 1. The second kappa shape index (κ2) is 24.5. The highest BCUT2D eigenvalue weighted by Crippen LogP contribution is 2.38. The first-order valence-electron chi connectivity index (χ1n) is 22.9. The lowest BCUT2D eigenvalue weighted by molar-refractivity contribution is -0.154. The van der Waals surface area contributed by atoms with E-state index in [2.05, 4.69) is 27.4 Å². The summed E-state index contributed by atoms with van der Waals surface area (Å²) in [5.41, 5.74) is 8.59. The SMILES string of the molecule is Cc1c(COc2cc(OCc3cncc(C#N)c3)c(CC[C@@H](CO)C(=O)OC(C)C)cc2Cl)cccc1-c1cccc2c1cnn2Cc1cc(OCc2cncc(C#N)c2)c(CN[C@@H](CO)C(=O)O)cc1Cl. The van der Waals surface area contributed by atoms with Gasteiger partial charge in [-0.2, -0.15) is 15.6 Å². The molecule has 0 bridgehead atoms. The molecule has 0 spiro atoms. The lowest BCUT2D eigenvalue weighted by atomic mass is 9.94. The molecule has 0 aliphatic carbocycles. The number of aliphatic hydroxyl groups excluding tert-OH is 2. The van der Waals surface area contributed by atoms with Gasteiger partial charge in [0, 0.05) is 64.5 Å². The third-order valence-corrected chi connectivity index (χ3v) is 12.4. The van der Waals surface area contributed by atoms with Crippen molar-refractivity contribution in [3.8, 4) is 40.5 Å². The third-order valence-electron chi connectivity index (χ3n) is 11.8. The predicted molar refractivity (Wildman–Crippen MR) is 268 cm³/mol. The Hall–Kier alpha value is -7.57. The first-order chi connectivity index (χ1) is 34.8. The molecule has 0 radical (unpaired) electrons. The van der Waals surface area contributed by atoms with Crippen LogP contribution in [0.3, 0.4) is 0 Å². The molecule has 7 rings (SSSR count). The number of halogens is 2. The molecule has 72 heavy (non-hydrogen) atoms. The molecule has 0 unspecified atom stereocenters. The van der Waals surface area contributed by atoms with E-state index in [-0.39, 0.29) is 52.0 Å². The lowest BCUT2D eigenvalue weighted by Gasteiger charge is -2.19. The summed E-state index contributed by atoms with van der Waals surface area (Å²) in [5, 5.41) is 57.2. The number of fused-ring (bicyclic) bond motifs is 1. The Balaban J connectivity index is 1.13. The van der Waals surface area contributed by atoms with E-state index in [4.69, 9.17) is 47.2 Å². The van der Waals surface area contributed by atoms with Crippen molar-refractivity contribution in [2.24, 2.45) is 5.92 Å². The highest BCUT2D eigenvalue weighted by Gasteiger charge is 2.23. The van der Waals surface area contributed by atoms with Crippen LogP contribution in [0.2, 0.25) is 10.0 Å². The summed E-state index contributed by atoms with van der Waals surface area (Å²) in [7, 11) is 0. The Bertz CT molecular complexity index is 3170. The Labute approximate surface area is 425 Å². The van der Waals surface area contributed by atoms with E-state index in [1.165, 1.54) is 12.4 Å². The Morgan fingerprint density at radius 3 is 2.01 bits per heavy atom. The minimum atomic E-state index is -1.21. The fourth-order valence-corrected chi connectivity index (χ4v) is 8.43. The maximum Gasteiger partial charge on any atom is 0.323 e. The predicted octanol–water partition coefficient (Wildman–Crippen LogP) is 8.66. The normalized spacial score (nSPS) is 12.0. The molecule has 0 amide bonds. The molecule has 16 nitrogen and oxygen atoms in total. The van der Waals surface area contributed by atoms with E-state index in [0.29, 0.717) is 72.7 Å². The van der Waals surface area contributed by atoms with Crippen molar-refractivity contribution < 1.29 is 43.9 Å². The number of benzene rings is 4. The van der Waals surface area contributed by atoms with Crippen molar-refractivity contribution in [1.29, 1.82) is 10.5 Å². The molecular formula is C54H51Cl2N7O9. The second-order valence-corrected chi connectivity index (χ2v) is 18.0. The molecule has 0 saturated heterocycles. The van der Waals surface area contributed by atoms with Gasteiger partial charge in [0.2, 0.25) is 0 Å². The minimum absolute atomic E-state index is 0.0277. The number of rotatable bonds is 23. The van der Waals surface area contributed by atoms with Crippen LogP contribution in [0.4, 0.5) is 0 Å². The molecule has 0 fully saturated rings. The number of hydrogen-bond acceptors (Lipinski definition) is 14. The van der Waals surface area contributed by atoms with Gasteiger partial charge in [-0.3, -0.25) is 29.6 Å². The number of nitriles is 2. The lowest BCUT2D eigenvalue weighted by Crippen LogP contribution is -2.39. The van der Waals surface area contributed by atoms with Crippen molar-refractivity contribution in [3.63, 3.8) is 0 Å². The zero-order valence-corrected chi connectivity index (χ0v) is 41.2. The molecular weight excluding hydrogens is 962 g/mol. The van der Waals surface area contributed by atoms with Crippen LogP contribution >= 0.6 is 23.2 Å². The molecule has 3 aromatic heterocycles.